The van der Waals surface area contributed by atoms with Gasteiger partial charge < -0.3 is 0 Å². The first-order chi connectivity index (χ1) is 10.2. The van der Waals surface area contributed by atoms with Crippen molar-refractivity contribution in [1.82, 2.24) is 0 Å². The third kappa shape index (κ3) is 6.94. The second-order valence-electron chi connectivity index (χ2n) is 5.02. The lowest BCUT2D eigenvalue weighted by Crippen LogP contribution is -2.05. The van der Waals surface area contributed by atoms with Crippen molar-refractivity contribution >= 4 is 22.6 Å². The normalized spacial score (nSPS) is 20.3. The average molecular weight is 392 g/mol. The number of hydrogen-bond acceptors (Lipinski definition) is 0. The van der Waals surface area contributed by atoms with E-state index in [9.17, 15) is 0 Å². The molecule has 0 saturated heterocycles. The van der Waals surface area contributed by atoms with E-state index >= 15 is 0 Å². The quantitative estimate of drug-likeness (QED) is 0.328. The minimum atomic E-state index is 0.498. The summed E-state index contributed by atoms with van der Waals surface area (Å²) in [5.74, 6) is 0.498. The Morgan fingerprint density at radius 3 is 2.81 bits per heavy atom. The highest BCUT2D eigenvalue weighted by molar-refractivity contribution is 14.1. The summed E-state index contributed by atoms with van der Waals surface area (Å²) in [5.41, 5.74) is 2.83. The molecule has 1 heteroatoms. The predicted octanol–water partition coefficient (Wildman–Crippen LogP) is 6.85. The van der Waals surface area contributed by atoms with E-state index in [2.05, 4.69) is 84.7 Å². The fraction of sp³-hybridized carbons (Fsp3) is 0.300. The van der Waals surface area contributed by atoms with Gasteiger partial charge in [-0.1, -0.05) is 66.8 Å². The first-order valence-electron chi connectivity index (χ1n) is 7.51. The molecule has 0 saturated carbocycles. The number of allylic oxidation sites excluding steroid dienone is 13. The van der Waals surface area contributed by atoms with Gasteiger partial charge in [0.15, 0.2) is 0 Å². The van der Waals surface area contributed by atoms with Crippen LogP contribution in [0.1, 0.15) is 33.1 Å². The van der Waals surface area contributed by atoms with Crippen LogP contribution in [0.5, 0.6) is 0 Å². The van der Waals surface area contributed by atoms with Crippen LogP contribution in [0.2, 0.25) is 0 Å². The van der Waals surface area contributed by atoms with Crippen LogP contribution in [0.3, 0.4) is 0 Å². The van der Waals surface area contributed by atoms with Crippen LogP contribution in [0.25, 0.3) is 0 Å². The summed E-state index contributed by atoms with van der Waals surface area (Å²) in [4.78, 5) is 0. The van der Waals surface area contributed by atoms with Crippen molar-refractivity contribution in [3.05, 3.63) is 82.1 Å². The van der Waals surface area contributed by atoms with Gasteiger partial charge in [-0.3, -0.25) is 0 Å². The maximum absolute atomic E-state index is 3.75. The standard InChI is InChI=1S/C20H25I/c1-4-7-9-10-11-12-17-14-19(16-20(21)15-17)18(6-3)13-8-5-2/h4-10,13-15,19H,2,11-12,16H2,1,3H3/b7-4-,10-9-,13-8-,18-6+. The number of halogens is 1. The Morgan fingerprint density at radius 2 is 2.14 bits per heavy atom. The molecular weight excluding hydrogens is 367 g/mol. The lowest BCUT2D eigenvalue weighted by Gasteiger charge is -2.20. The molecule has 0 spiro atoms. The molecule has 0 aliphatic heterocycles. The molecule has 0 radical (unpaired) electrons. The van der Waals surface area contributed by atoms with Crippen molar-refractivity contribution in [3.63, 3.8) is 0 Å². The van der Waals surface area contributed by atoms with Gasteiger partial charge in [-0.25, -0.2) is 0 Å². The minimum absolute atomic E-state index is 0.498. The zero-order chi connectivity index (χ0) is 15.5. The Labute approximate surface area is 143 Å². The topological polar surface area (TPSA) is 0 Å². The fourth-order valence-corrected chi connectivity index (χ4v) is 3.23. The van der Waals surface area contributed by atoms with Gasteiger partial charge >= 0.3 is 0 Å². The van der Waals surface area contributed by atoms with Crippen LogP contribution < -0.4 is 0 Å². The molecule has 1 aliphatic carbocycles. The van der Waals surface area contributed by atoms with Gasteiger partial charge in [-0.15, -0.1) is 0 Å². The fourth-order valence-electron chi connectivity index (χ4n) is 2.35. The van der Waals surface area contributed by atoms with Crippen LogP contribution in [-0.4, -0.2) is 0 Å². The van der Waals surface area contributed by atoms with Crippen LogP contribution in [-0.2, 0) is 0 Å². The molecule has 0 aromatic carbocycles. The Bertz CT molecular complexity index is 510. The summed E-state index contributed by atoms with van der Waals surface area (Å²) in [6.45, 7) is 7.90. The van der Waals surface area contributed by atoms with E-state index in [1.807, 2.05) is 19.1 Å². The van der Waals surface area contributed by atoms with Gasteiger partial charge in [0.25, 0.3) is 0 Å². The molecule has 0 aromatic heterocycles. The van der Waals surface area contributed by atoms with Crippen molar-refractivity contribution in [2.75, 3.05) is 0 Å². The van der Waals surface area contributed by atoms with Crippen molar-refractivity contribution in [2.45, 2.75) is 33.1 Å². The third-order valence-corrected chi connectivity index (χ3v) is 4.15. The summed E-state index contributed by atoms with van der Waals surface area (Å²) in [5, 5.41) is 0. The average Bonchev–Trinajstić information content (AvgIpc) is 2.47. The van der Waals surface area contributed by atoms with Gasteiger partial charge in [0.2, 0.25) is 0 Å². The van der Waals surface area contributed by atoms with E-state index in [0.29, 0.717) is 5.92 Å². The summed E-state index contributed by atoms with van der Waals surface area (Å²) >= 11 is 2.47. The van der Waals surface area contributed by atoms with Crippen LogP contribution in [0.4, 0.5) is 0 Å². The monoisotopic (exact) mass is 392 g/mol. The first-order valence-corrected chi connectivity index (χ1v) is 8.59. The Hall–Kier alpha value is -1.09. The maximum atomic E-state index is 3.75. The second-order valence-corrected chi connectivity index (χ2v) is 6.41. The molecule has 112 valence electrons. The molecule has 0 N–H and O–H groups in total. The lowest BCUT2D eigenvalue weighted by molar-refractivity contribution is 0.761. The van der Waals surface area contributed by atoms with Crippen molar-refractivity contribution in [1.29, 1.82) is 0 Å². The maximum Gasteiger partial charge on any atom is 0.00653 e. The predicted molar refractivity (Wildman–Crippen MR) is 105 cm³/mol. The molecule has 21 heavy (non-hydrogen) atoms. The van der Waals surface area contributed by atoms with Gasteiger partial charge in [-0.2, -0.15) is 0 Å². The third-order valence-electron chi connectivity index (χ3n) is 3.40. The van der Waals surface area contributed by atoms with Crippen molar-refractivity contribution in [3.8, 4) is 0 Å². The molecule has 1 aliphatic rings. The molecule has 1 unspecified atom stereocenters. The van der Waals surface area contributed by atoms with Crippen LogP contribution in [0.15, 0.2) is 82.1 Å². The summed E-state index contributed by atoms with van der Waals surface area (Å²) < 4.78 is 1.44. The largest absolute Gasteiger partial charge is 0.0991 e. The Balaban J connectivity index is 2.74. The highest BCUT2D eigenvalue weighted by Crippen LogP contribution is 2.33. The van der Waals surface area contributed by atoms with Gasteiger partial charge in [0.1, 0.15) is 0 Å². The SMILES string of the molecule is C=C/C=C\C(=C/C)C1C=C(CC/C=C\C=C/C)C=C(I)C1. The van der Waals surface area contributed by atoms with E-state index < -0.39 is 0 Å². The van der Waals surface area contributed by atoms with E-state index in [1.165, 1.54) is 14.7 Å². The molecule has 0 nitrogen and oxygen atoms in total. The molecule has 0 aromatic rings. The first kappa shape index (κ1) is 18.0. The Morgan fingerprint density at radius 1 is 1.33 bits per heavy atom. The van der Waals surface area contributed by atoms with Gasteiger partial charge in [0.05, 0.1) is 0 Å². The van der Waals surface area contributed by atoms with E-state index in [4.69, 9.17) is 0 Å². The minimum Gasteiger partial charge on any atom is -0.0991 e. The zero-order valence-corrected chi connectivity index (χ0v) is 15.2. The van der Waals surface area contributed by atoms with Gasteiger partial charge in [-0.05, 0) is 70.9 Å². The Kier molecular flexibility index (Phi) is 9.07. The van der Waals surface area contributed by atoms with Gasteiger partial charge in [0, 0.05) is 5.92 Å². The highest BCUT2D eigenvalue weighted by Gasteiger charge is 2.15. The summed E-state index contributed by atoms with van der Waals surface area (Å²) in [6, 6.07) is 0. The number of rotatable bonds is 7. The van der Waals surface area contributed by atoms with E-state index in [-0.39, 0.29) is 0 Å². The van der Waals surface area contributed by atoms with Crippen LogP contribution in [0, 0.1) is 5.92 Å². The van der Waals surface area contributed by atoms with E-state index in [0.717, 1.165) is 19.3 Å². The zero-order valence-electron chi connectivity index (χ0n) is 13.1. The smallest absolute Gasteiger partial charge is 0.00653 e. The molecule has 0 amide bonds. The molecule has 0 fully saturated rings. The van der Waals surface area contributed by atoms with Crippen molar-refractivity contribution < 1.29 is 0 Å². The second kappa shape index (κ2) is 10.6. The highest BCUT2D eigenvalue weighted by atomic mass is 127. The molecule has 0 bridgehead atoms. The molecule has 1 atom stereocenters. The number of hydrogen-bond donors (Lipinski definition) is 0. The molecule has 1 rings (SSSR count). The summed E-state index contributed by atoms with van der Waals surface area (Å²) in [7, 11) is 0. The van der Waals surface area contributed by atoms with E-state index in [1.54, 1.807) is 0 Å². The lowest BCUT2D eigenvalue weighted by atomic mass is 9.87. The molecular formula is C20H25I. The van der Waals surface area contributed by atoms with Crippen molar-refractivity contribution in [2.24, 2.45) is 5.92 Å². The summed E-state index contributed by atoms with van der Waals surface area (Å²) in [6.07, 6.45) is 24.8. The molecule has 0 heterocycles. The van der Waals surface area contributed by atoms with Crippen LogP contribution >= 0.6 is 22.6 Å².